The van der Waals surface area contributed by atoms with Gasteiger partial charge in [-0.05, 0) is 42.0 Å². The second-order valence-corrected chi connectivity index (χ2v) is 5.54. The van der Waals surface area contributed by atoms with Crippen LogP contribution in [0, 0.1) is 0 Å². The zero-order valence-electron chi connectivity index (χ0n) is 15.1. The predicted octanol–water partition coefficient (Wildman–Crippen LogP) is 4.35. The Morgan fingerprint density at radius 1 is 0.769 bits per heavy atom. The second kappa shape index (κ2) is 8.25. The maximum Gasteiger partial charge on any atom is 0.130 e. The zero-order valence-corrected chi connectivity index (χ0v) is 15.1. The molecular formula is C21H21NO4. The fraction of sp³-hybridized carbons (Fsp3) is 0.190. The Bertz CT molecular complexity index is 843. The fourth-order valence-electron chi connectivity index (χ4n) is 2.69. The minimum atomic E-state index is 0.372. The third-order valence-electron chi connectivity index (χ3n) is 3.95. The smallest absolute Gasteiger partial charge is 0.130 e. The van der Waals surface area contributed by atoms with Crippen LogP contribution in [-0.2, 0) is 6.61 Å². The summed E-state index contributed by atoms with van der Waals surface area (Å²) >= 11 is 0. The van der Waals surface area contributed by atoms with Crippen molar-refractivity contribution in [3.8, 4) is 34.1 Å². The van der Waals surface area contributed by atoms with Crippen LogP contribution in [0.15, 0.2) is 60.8 Å². The van der Waals surface area contributed by atoms with E-state index in [1.807, 2.05) is 54.6 Å². The summed E-state index contributed by atoms with van der Waals surface area (Å²) in [5.74, 6) is 2.80. The summed E-state index contributed by atoms with van der Waals surface area (Å²) in [6.45, 7) is 0.372. The molecule has 0 amide bonds. The zero-order chi connectivity index (χ0) is 18.4. The molecule has 3 rings (SSSR count). The van der Waals surface area contributed by atoms with Gasteiger partial charge in [-0.1, -0.05) is 12.1 Å². The number of rotatable bonds is 7. The quantitative estimate of drug-likeness (QED) is 0.633. The second-order valence-electron chi connectivity index (χ2n) is 5.54. The molecule has 0 spiro atoms. The molecule has 0 bridgehead atoms. The van der Waals surface area contributed by atoms with Gasteiger partial charge in [0.05, 0.1) is 32.6 Å². The van der Waals surface area contributed by atoms with Crippen LogP contribution in [0.25, 0.3) is 11.1 Å². The van der Waals surface area contributed by atoms with Gasteiger partial charge in [-0.3, -0.25) is 4.98 Å². The predicted molar refractivity (Wildman–Crippen MR) is 100 cm³/mol. The minimum Gasteiger partial charge on any atom is -0.497 e. The molecule has 0 saturated heterocycles. The number of hydrogen-bond donors (Lipinski definition) is 0. The Morgan fingerprint density at radius 2 is 1.50 bits per heavy atom. The molecular weight excluding hydrogens is 330 g/mol. The SMILES string of the molecule is COc1cc(OCc2ccccn2)cc(-c2c(OC)cccc2OC)c1. The van der Waals surface area contributed by atoms with Crippen molar-refractivity contribution < 1.29 is 18.9 Å². The highest BCUT2D eigenvalue weighted by Gasteiger charge is 2.15. The summed E-state index contributed by atoms with van der Waals surface area (Å²) < 4.78 is 22.4. The van der Waals surface area contributed by atoms with Gasteiger partial charge in [0.15, 0.2) is 0 Å². The summed E-state index contributed by atoms with van der Waals surface area (Å²) in [7, 11) is 4.90. The number of benzene rings is 2. The lowest BCUT2D eigenvalue weighted by Crippen LogP contribution is -1.99. The Kier molecular flexibility index (Phi) is 5.59. The Hall–Kier alpha value is -3.21. The molecule has 0 radical (unpaired) electrons. The first-order chi connectivity index (χ1) is 12.7. The highest BCUT2D eigenvalue weighted by molar-refractivity contribution is 5.78. The van der Waals surface area contributed by atoms with E-state index >= 15 is 0 Å². The Balaban J connectivity index is 1.98. The number of ether oxygens (including phenoxy) is 4. The maximum atomic E-state index is 5.92. The van der Waals surface area contributed by atoms with Gasteiger partial charge in [0, 0.05) is 12.3 Å². The van der Waals surface area contributed by atoms with E-state index in [9.17, 15) is 0 Å². The summed E-state index contributed by atoms with van der Waals surface area (Å²) in [6.07, 6.45) is 1.75. The van der Waals surface area contributed by atoms with E-state index in [1.165, 1.54) is 0 Å². The number of hydrogen-bond acceptors (Lipinski definition) is 5. The van der Waals surface area contributed by atoms with E-state index in [4.69, 9.17) is 18.9 Å². The van der Waals surface area contributed by atoms with Crippen LogP contribution in [0.5, 0.6) is 23.0 Å². The molecule has 0 atom stereocenters. The molecule has 0 aliphatic carbocycles. The average Bonchev–Trinajstić information content (AvgIpc) is 2.72. The first-order valence-electron chi connectivity index (χ1n) is 8.18. The molecule has 1 aromatic heterocycles. The number of pyridine rings is 1. The molecule has 0 saturated carbocycles. The third kappa shape index (κ3) is 3.88. The summed E-state index contributed by atoms with van der Waals surface area (Å²) in [5, 5.41) is 0. The van der Waals surface area contributed by atoms with Crippen LogP contribution in [0.1, 0.15) is 5.69 Å². The van der Waals surface area contributed by atoms with Crippen molar-refractivity contribution in [1.82, 2.24) is 4.98 Å². The molecule has 1 heterocycles. The van der Waals surface area contributed by atoms with Gasteiger partial charge < -0.3 is 18.9 Å². The lowest BCUT2D eigenvalue weighted by Gasteiger charge is -2.15. The number of methoxy groups -OCH3 is 3. The van der Waals surface area contributed by atoms with E-state index in [2.05, 4.69) is 4.98 Å². The van der Waals surface area contributed by atoms with Crippen molar-refractivity contribution in [2.45, 2.75) is 6.61 Å². The lowest BCUT2D eigenvalue weighted by molar-refractivity contribution is 0.299. The van der Waals surface area contributed by atoms with E-state index in [0.29, 0.717) is 29.6 Å². The normalized spacial score (nSPS) is 10.3. The van der Waals surface area contributed by atoms with Gasteiger partial charge in [-0.15, -0.1) is 0 Å². The molecule has 2 aromatic carbocycles. The number of nitrogens with zero attached hydrogens (tertiary/aromatic N) is 1. The largest absolute Gasteiger partial charge is 0.497 e. The number of aromatic nitrogens is 1. The fourth-order valence-corrected chi connectivity index (χ4v) is 2.69. The van der Waals surface area contributed by atoms with Gasteiger partial charge in [0.2, 0.25) is 0 Å². The molecule has 0 N–H and O–H groups in total. The minimum absolute atomic E-state index is 0.372. The van der Waals surface area contributed by atoms with Crippen molar-refractivity contribution >= 4 is 0 Å². The monoisotopic (exact) mass is 351 g/mol. The molecule has 5 nitrogen and oxygen atoms in total. The molecule has 0 aliphatic rings. The Morgan fingerprint density at radius 3 is 2.12 bits per heavy atom. The average molecular weight is 351 g/mol. The third-order valence-corrected chi connectivity index (χ3v) is 3.95. The van der Waals surface area contributed by atoms with Crippen LogP contribution >= 0.6 is 0 Å². The highest BCUT2D eigenvalue weighted by atomic mass is 16.5. The summed E-state index contributed by atoms with van der Waals surface area (Å²) in [4.78, 5) is 4.28. The maximum absolute atomic E-state index is 5.92. The highest BCUT2D eigenvalue weighted by Crippen LogP contribution is 2.41. The van der Waals surface area contributed by atoms with Crippen LogP contribution < -0.4 is 18.9 Å². The van der Waals surface area contributed by atoms with Crippen LogP contribution in [-0.4, -0.2) is 26.3 Å². The van der Waals surface area contributed by atoms with Crippen LogP contribution in [0.3, 0.4) is 0 Å². The van der Waals surface area contributed by atoms with Crippen LogP contribution in [0.4, 0.5) is 0 Å². The van der Waals surface area contributed by atoms with Crippen molar-refractivity contribution in [3.05, 3.63) is 66.5 Å². The van der Waals surface area contributed by atoms with Gasteiger partial charge in [0.1, 0.15) is 29.6 Å². The molecule has 0 aliphatic heterocycles. The standard InChI is InChI=1S/C21H21NO4/c1-23-17-11-15(21-19(24-2)8-6-9-20(21)25-3)12-18(13-17)26-14-16-7-4-5-10-22-16/h4-13H,14H2,1-3H3. The van der Waals surface area contributed by atoms with Crippen molar-refractivity contribution in [2.75, 3.05) is 21.3 Å². The van der Waals surface area contributed by atoms with Gasteiger partial charge in [-0.25, -0.2) is 0 Å². The van der Waals surface area contributed by atoms with Crippen molar-refractivity contribution in [3.63, 3.8) is 0 Å². The molecule has 0 fully saturated rings. The van der Waals surface area contributed by atoms with E-state index in [1.54, 1.807) is 27.5 Å². The first-order valence-corrected chi connectivity index (χ1v) is 8.18. The van der Waals surface area contributed by atoms with Crippen molar-refractivity contribution in [1.29, 1.82) is 0 Å². The lowest BCUT2D eigenvalue weighted by atomic mass is 10.0. The molecule has 5 heteroatoms. The van der Waals surface area contributed by atoms with E-state index in [0.717, 1.165) is 16.8 Å². The molecule has 26 heavy (non-hydrogen) atoms. The molecule has 134 valence electrons. The van der Waals surface area contributed by atoms with Gasteiger partial charge >= 0.3 is 0 Å². The van der Waals surface area contributed by atoms with Gasteiger partial charge in [-0.2, -0.15) is 0 Å². The van der Waals surface area contributed by atoms with Crippen LogP contribution in [0.2, 0.25) is 0 Å². The van der Waals surface area contributed by atoms with E-state index < -0.39 is 0 Å². The van der Waals surface area contributed by atoms with Gasteiger partial charge in [0.25, 0.3) is 0 Å². The molecule has 3 aromatic rings. The van der Waals surface area contributed by atoms with E-state index in [-0.39, 0.29) is 0 Å². The Labute approximate surface area is 153 Å². The van der Waals surface area contributed by atoms with Crippen molar-refractivity contribution in [2.24, 2.45) is 0 Å². The topological polar surface area (TPSA) is 49.8 Å². The summed E-state index contributed by atoms with van der Waals surface area (Å²) in [6, 6.07) is 17.1. The first kappa shape index (κ1) is 17.6. The molecule has 0 unspecified atom stereocenters. The summed E-state index contributed by atoms with van der Waals surface area (Å²) in [5.41, 5.74) is 2.58.